The highest BCUT2D eigenvalue weighted by Crippen LogP contribution is 2.33. The number of thioether (sulfide) groups is 1. The number of benzene rings is 1. The SMILES string of the molecule is COc1ccc(-c2cc(C(F)(F)F)nc(SCC(=O)N3C(C)CCCC3C)n2)cc1. The van der Waals surface area contributed by atoms with E-state index >= 15 is 0 Å². The molecule has 1 aromatic carbocycles. The van der Waals surface area contributed by atoms with Gasteiger partial charge in [0.2, 0.25) is 5.91 Å². The van der Waals surface area contributed by atoms with Crippen LogP contribution in [0.2, 0.25) is 0 Å². The molecule has 9 heteroatoms. The van der Waals surface area contributed by atoms with Crippen LogP contribution in [0, 0.1) is 0 Å². The van der Waals surface area contributed by atoms with E-state index in [-0.39, 0.29) is 34.6 Å². The number of carbonyl (C=O) groups excluding carboxylic acids is 1. The number of ether oxygens (including phenoxy) is 1. The zero-order valence-electron chi connectivity index (χ0n) is 17.1. The summed E-state index contributed by atoms with van der Waals surface area (Å²) >= 11 is 0.935. The van der Waals surface area contributed by atoms with Gasteiger partial charge in [-0.1, -0.05) is 11.8 Å². The number of aromatic nitrogens is 2. The zero-order valence-corrected chi connectivity index (χ0v) is 17.9. The molecule has 1 aliphatic rings. The van der Waals surface area contributed by atoms with E-state index < -0.39 is 11.9 Å². The van der Waals surface area contributed by atoms with E-state index in [0.717, 1.165) is 37.1 Å². The van der Waals surface area contributed by atoms with Gasteiger partial charge in [0.15, 0.2) is 5.16 Å². The average molecular weight is 440 g/mol. The molecule has 1 aromatic heterocycles. The Morgan fingerprint density at radius 2 is 1.80 bits per heavy atom. The van der Waals surface area contributed by atoms with Crippen molar-refractivity contribution >= 4 is 17.7 Å². The van der Waals surface area contributed by atoms with Gasteiger partial charge in [0.1, 0.15) is 11.4 Å². The second-order valence-electron chi connectivity index (χ2n) is 7.37. The minimum absolute atomic E-state index is 0.00194. The van der Waals surface area contributed by atoms with Crippen LogP contribution in [0.15, 0.2) is 35.5 Å². The maximum Gasteiger partial charge on any atom is 0.433 e. The number of hydrogen-bond acceptors (Lipinski definition) is 5. The maximum atomic E-state index is 13.4. The number of carbonyl (C=O) groups is 1. The van der Waals surface area contributed by atoms with E-state index in [4.69, 9.17) is 4.74 Å². The summed E-state index contributed by atoms with van der Waals surface area (Å²) in [7, 11) is 1.51. The smallest absolute Gasteiger partial charge is 0.433 e. The molecular weight excluding hydrogens is 415 g/mol. The summed E-state index contributed by atoms with van der Waals surface area (Å²) in [4.78, 5) is 22.5. The van der Waals surface area contributed by atoms with Crippen molar-refractivity contribution in [2.24, 2.45) is 0 Å². The number of piperidine rings is 1. The summed E-state index contributed by atoms with van der Waals surface area (Å²) in [6, 6.07) is 7.75. The molecule has 1 saturated heterocycles. The van der Waals surface area contributed by atoms with Gasteiger partial charge in [-0.05, 0) is 63.4 Å². The van der Waals surface area contributed by atoms with Crippen molar-refractivity contribution in [3.8, 4) is 17.0 Å². The van der Waals surface area contributed by atoms with Gasteiger partial charge >= 0.3 is 6.18 Å². The lowest BCUT2D eigenvalue weighted by Gasteiger charge is -2.39. The lowest BCUT2D eigenvalue weighted by atomic mass is 9.98. The van der Waals surface area contributed by atoms with Crippen molar-refractivity contribution in [1.82, 2.24) is 14.9 Å². The monoisotopic (exact) mass is 439 g/mol. The molecule has 0 radical (unpaired) electrons. The molecule has 0 bridgehead atoms. The Morgan fingerprint density at radius 3 is 2.37 bits per heavy atom. The average Bonchev–Trinajstić information content (AvgIpc) is 2.71. The number of methoxy groups -OCH3 is 1. The van der Waals surface area contributed by atoms with E-state index in [1.807, 2.05) is 18.7 Å². The maximum absolute atomic E-state index is 13.4. The molecule has 2 unspecified atom stereocenters. The van der Waals surface area contributed by atoms with Crippen molar-refractivity contribution < 1.29 is 22.7 Å². The predicted octanol–water partition coefficient (Wildman–Crippen LogP) is 5.05. The highest BCUT2D eigenvalue weighted by atomic mass is 32.2. The van der Waals surface area contributed by atoms with E-state index in [2.05, 4.69) is 9.97 Å². The minimum atomic E-state index is -4.61. The molecule has 30 heavy (non-hydrogen) atoms. The highest BCUT2D eigenvalue weighted by Gasteiger charge is 2.34. The molecule has 1 amide bonds. The van der Waals surface area contributed by atoms with Crippen LogP contribution in [0.5, 0.6) is 5.75 Å². The summed E-state index contributed by atoms with van der Waals surface area (Å²) in [5, 5.41) is -0.0682. The van der Waals surface area contributed by atoms with Crippen molar-refractivity contribution in [3.05, 3.63) is 36.0 Å². The normalized spacial score (nSPS) is 19.6. The van der Waals surface area contributed by atoms with Gasteiger partial charge in [-0.3, -0.25) is 4.79 Å². The molecule has 2 atom stereocenters. The number of hydrogen-bond donors (Lipinski definition) is 0. The largest absolute Gasteiger partial charge is 0.497 e. The summed E-state index contributed by atoms with van der Waals surface area (Å²) in [6.45, 7) is 4.00. The van der Waals surface area contributed by atoms with Gasteiger partial charge < -0.3 is 9.64 Å². The molecule has 2 aromatic rings. The van der Waals surface area contributed by atoms with Gasteiger partial charge in [-0.2, -0.15) is 13.2 Å². The molecule has 3 rings (SSSR count). The third-order valence-corrected chi connectivity index (χ3v) is 6.02. The van der Waals surface area contributed by atoms with Gasteiger partial charge in [0.05, 0.1) is 18.6 Å². The Balaban J connectivity index is 1.83. The Labute approximate surface area is 178 Å². The Bertz CT molecular complexity index is 880. The van der Waals surface area contributed by atoms with Crippen LogP contribution in [0.1, 0.15) is 38.8 Å². The molecule has 0 spiro atoms. The molecule has 2 heterocycles. The number of amides is 1. The topological polar surface area (TPSA) is 55.3 Å². The molecule has 0 N–H and O–H groups in total. The number of alkyl halides is 3. The van der Waals surface area contributed by atoms with Gasteiger partial charge in [0.25, 0.3) is 0 Å². The number of nitrogens with zero attached hydrogens (tertiary/aromatic N) is 3. The second kappa shape index (κ2) is 9.24. The lowest BCUT2D eigenvalue weighted by molar-refractivity contribution is -0.141. The fraction of sp³-hybridized carbons (Fsp3) is 0.476. The van der Waals surface area contributed by atoms with E-state index in [0.29, 0.717) is 11.3 Å². The fourth-order valence-electron chi connectivity index (χ4n) is 3.66. The molecular formula is C21H24F3N3O2S. The molecule has 162 valence electrons. The van der Waals surface area contributed by atoms with E-state index in [9.17, 15) is 18.0 Å². The first-order chi connectivity index (χ1) is 14.2. The summed E-state index contributed by atoms with van der Waals surface area (Å²) in [5.41, 5.74) is -0.372. The van der Waals surface area contributed by atoms with Crippen molar-refractivity contribution in [2.75, 3.05) is 12.9 Å². The first-order valence-electron chi connectivity index (χ1n) is 9.73. The first-order valence-corrected chi connectivity index (χ1v) is 10.7. The zero-order chi connectivity index (χ0) is 21.9. The third-order valence-electron chi connectivity index (χ3n) is 5.19. The Morgan fingerprint density at radius 1 is 1.17 bits per heavy atom. The summed E-state index contributed by atoms with van der Waals surface area (Å²) in [5.74, 6) is 0.485. The second-order valence-corrected chi connectivity index (χ2v) is 8.31. The number of likely N-dealkylation sites (tertiary alicyclic amines) is 1. The fourth-order valence-corrected chi connectivity index (χ4v) is 4.39. The van der Waals surface area contributed by atoms with Crippen LogP contribution in [-0.2, 0) is 11.0 Å². The molecule has 1 fully saturated rings. The molecule has 5 nitrogen and oxygen atoms in total. The van der Waals surface area contributed by atoms with Crippen LogP contribution < -0.4 is 4.74 Å². The third kappa shape index (κ3) is 5.24. The van der Waals surface area contributed by atoms with Crippen LogP contribution in [0.4, 0.5) is 13.2 Å². The summed E-state index contributed by atoms with van der Waals surface area (Å²) in [6.07, 6.45) is -1.68. The van der Waals surface area contributed by atoms with Crippen LogP contribution in [0.25, 0.3) is 11.3 Å². The Hall–Kier alpha value is -2.29. The van der Waals surface area contributed by atoms with Gasteiger partial charge in [-0.25, -0.2) is 9.97 Å². The number of halogens is 3. The van der Waals surface area contributed by atoms with Crippen molar-refractivity contribution in [2.45, 2.75) is 56.5 Å². The predicted molar refractivity (Wildman–Crippen MR) is 109 cm³/mol. The lowest BCUT2D eigenvalue weighted by Crippen LogP contribution is -2.48. The minimum Gasteiger partial charge on any atom is -0.497 e. The van der Waals surface area contributed by atoms with E-state index in [1.54, 1.807) is 24.3 Å². The van der Waals surface area contributed by atoms with Crippen LogP contribution in [0.3, 0.4) is 0 Å². The number of rotatable bonds is 5. The van der Waals surface area contributed by atoms with E-state index in [1.165, 1.54) is 7.11 Å². The van der Waals surface area contributed by atoms with Crippen molar-refractivity contribution in [1.29, 1.82) is 0 Å². The van der Waals surface area contributed by atoms with Gasteiger partial charge in [-0.15, -0.1) is 0 Å². The van der Waals surface area contributed by atoms with Crippen LogP contribution >= 0.6 is 11.8 Å². The highest BCUT2D eigenvalue weighted by molar-refractivity contribution is 7.99. The quantitative estimate of drug-likeness (QED) is 0.482. The molecule has 1 aliphatic heterocycles. The van der Waals surface area contributed by atoms with Gasteiger partial charge in [0, 0.05) is 17.6 Å². The Kier molecular flexibility index (Phi) is 6.90. The summed E-state index contributed by atoms with van der Waals surface area (Å²) < 4.78 is 45.2. The molecule has 0 aliphatic carbocycles. The standard InChI is InChI=1S/C21H24F3N3O2S/c1-13-5-4-6-14(2)27(13)19(28)12-30-20-25-17(11-18(26-20)21(22,23)24)15-7-9-16(29-3)10-8-15/h7-11,13-14H,4-6,12H2,1-3H3. The van der Waals surface area contributed by atoms with Crippen LogP contribution in [-0.4, -0.2) is 45.7 Å². The van der Waals surface area contributed by atoms with Crippen molar-refractivity contribution in [3.63, 3.8) is 0 Å². The molecule has 0 saturated carbocycles. The first kappa shape index (κ1) is 22.4.